The number of benzene rings is 1. The molecule has 4 rings (SSSR count). The first-order valence-electron chi connectivity index (χ1n) is 9.16. The van der Waals surface area contributed by atoms with Gasteiger partial charge in [0.15, 0.2) is 5.69 Å². The lowest BCUT2D eigenvalue weighted by atomic mass is 10.0. The van der Waals surface area contributed by atoms with Crippen molar-refractivity contribution in [2.75, 3.05) is 0 Å². The van der Waals surface area contributed by atoms with E-state index in [1.165, 1.54) is 48.8 Å². The summed E-state index contributed by atoms with van der Waals surface area (Å²) >= 11 is 0. The quantitative estimate of drug-likeness (QED) is 0.521. The van der Waals surface area contributed by atoms with Gasteiger partial charge in [0.2, 0.25) is 0 Å². The third-order valence-corrected chi connectivity index (χ3v) is 4.67. The highest BCUT2D eigenvalue weighted by Crippen LogP contribution is 2.31. The van der Waals surface area contributed by atoms with Gasteiger partial charge in [0.05, 0.1) is 5.52 Å². The fourth-order valence-corrected chi connectivity index (χ4v) is 3.26. The van der Waals surface area contributed by atoms with E-state index in [-0.39, 0.29) is 11.3 Å². The Hall–Kier alpha value is -3.68. The molecular formula is C22H17F3N4O. The van der Waals surface area contributed by atoms with Gasteiger partial charge in [-0.3, -0.25) is 14.2 Å². The van der Waals surface area contributed by atoms with Crippen LogP contribution >= 0.6 is 0 Å². The summed E-state index contributed by atoms with van der Waals surface area (Å²) in [6.45, 7) is 0.736. The first kappa shape index (κ1) is 19.6. The Kier molecular flexibility index (Phi) is 4.99. The van der Waals surface area contributed by atoms with Crippen molar-refractivity contribution in [3.8, 4) is 11.4 Å². The second-order valence-corrected chi connectivity index (χ2v) is 6.90. The highest BCUT2D eigenvalue weighted by Gasteiger charge is 2.37. The van der Waals surface area contributed by atoms with Crippen LogP contribution in [-0.2, 0) is 0 Å². The van der Waals surface area contributed by atoms with E-state index in [0.717, 1.165) is 6.92 Å². The number of carbonyl (C=O) groups is 1. The van der Waals surface area contributed by atoms with Crippen molar-refractivity contribution in [1.82, 2.24) is 19.7 Å². The number of pyridine rings is 2. The number of amides is 1. The Bertz CT molecular complexity index is 1180. The van der Waals surface area contributed by atoms with Crippen molar-refractivity contribution in [2.24, 2.45) is 0 Å². The third-order valence-electron chi connectivity index (χ3n) is 4.67. The second kappa shape index (κ2) is 7.62. The summed E-state index contributed by atoms with van der Waals surface area (Å²) in [7, 11) is 0. The molecule has 3 heterocycles. The molecule has 3 aromatic heterocycles. The predicted octanol–water partition coefficient (Wildman–Crippen LogP) is 4.66. The third kappa shape index (κ3) is 3.76. The number of alkyl halides is 2. The highest BCUT2D eigenvalue weighted by molar-refractivity contribution is 6.00. The minimum Gasteiger partial charge on any atom is -0.338 e. The van der Waals surface area contributed by atoms with E-state index in [9.17, 15) is 18.0 Å². The monoisotopic (exact) mass is 410 g/mol. The molecule has 8 heteroatoms. The van der Waals surface area contributed by atoms with Gasteiger partial charge in [0.1, 0.15) is 17.7 Å². The van der Waals surface area contributed by atoms with Gasteiger partial charge >= 0.3 is 0 Å². The van der Waals surface area contributed by atoms with Crippen LogP contribution in [0.1, 0.15) is 29.0 Å². The number of hydrogen-bond donors (Lipinski definition) is 1. The molecule has 1 atom stereocenters. The zero-order valence-electron chi connectivity index (χ0n) is 15.9. The zero-order valence-corrected chi connectivity index (χ0v) is 15.9. The molecule has 0 aliphatic carbocycles. The van der Waals surface area contributed by atoms with Crippen molar-refractivity contribution < 1.29 is 18.0 Å². The smallest absolute Gasteiger partial charge is 0.272 e. The number of carbonyl (C=O) groups excluding carboxylic acids is 1. The van der Waals surface area contributed by atoms with Gasteiger partial charge in [-0.25, -0.2) is 18.2 Å². The van der Waals surface area contributed by atoms with Gasteiger partial charge in [-0.15, -0.1) is 0 Å². The van der Waals surface area contributed by atoms with E-state index in [1.54, 1.807) is 28.8 Å². The van der Waals surface area contributed by atoms with E-state index in [0.29, 0.717) is 16.9 Å². The van der Waals surface area contributed by atoms with Crippen LogP contribution in [0.5, 0.6) is 0 Å². The Morgan fingerprint density at radius 2 is 1.87 bits per heavy atom. The maximum atomic E-state index is 14.3. The molecule has 30 heavy (non-hydrogen) atoms. The molecule has 0 aliphatic heterocycles. The second-order valence-electron chi connectivity index (χ2n) is 6.90. The molecule has 0 fully saturated rings. The summed E-state index contributed by atoms with van der Waals surface area (Å²) in [6.07, 6.45) is 4.45. The largest absolute Gasteiger partial charge is 0.338 e. The predicted molar refractivity (Wildman–Crippen MR) is 106 cm³/mol. The minimum atomic E-state index is -3.23. The highest BCUT2D eigenvalue weighted by atomic mass is 19.3. The summed E-state index contributed by atoms with van der Waals surface area (Å²) in [5, 5.41) is 2.39. The Morgan fingerprint density at radius 1 is 1.10 bits per heavy atom. The lowest BCUT2D eigenvalue weighted by Gasteiger charge is -2.24. The van der Waals surface area contributed by atoms with Crippen LogP contribution in [0, 0.1) is 5.82 Å². The average Bonchev–Trinajstić information content (AvgIpc) is 3.12. The van der Waals surface area contributed by atoms with Crippen molar-refractivity contribution >= 4 is 11.4 Å². The molecule has 0 spiro atoms. The van der Waals surface area contributed by atoms with Crippen molar-refractivity contribution in [3.05, 3.63) is 90.3 Å². The van der Waals surface area contributed by atoms with Gasteiger partial charge in [-0.05, 0) is 48.0 Å². The lowest BCUT2D eigenvalue weighted by molar-refractivity contribution is -0.0180. The molecule has 0 radical (unpaired) electrons. The van der Waals surface area contributed by atoms with Crippen LogP contribution in [0.15, 0.2) is 73.2 Å². The molecule has 1 N–H and O–H groups in total. The number of nitrogens with one attached hydrogen (secondary N) is 1. The standard InChI is InChI=1S/C22H17F3N4O/c1-22(24,25)19(15-5-4-11-26-13-15)28-21(30)18-17-6-2-3-12-29(17)20(27-18)14-7-9-16(23)10-8-14/h2-13,19H,1H3,(H,28,30). The lowest BCUT2D eigenvalue weighted by Crippen LogP contribution is -2.39. The summed E-state index contributed by atoms with van der Waals surface area (Å²) in [4.78, 5) is 21.2. The van der Waals surface area contributed by atoms with Crippen molar-refractivity contribution in [3.63, 3.8) is 0 Å². The van der Waals surface area contributed by atoms with E-state index < -0.39 is 23.7 Å². The molecule has 0 saturated carbocycles. The number of halogens is 3. The van der Waals surface area contributed by atoms with E-state index in [2.05, 4.69) is 15.3 Å². The molecule has 1 unspecified atom stereocenters. The topological polar surface area (TPSA) is 59.3 Å². The number of fused-ring (bicyclic) bond motifs is 1. The van der Waals surface area contributed by atoms with Gasteiger partial charge < -0.3 is 5.32 Å². The van der Waals surface area contributed by atoms with E-state index >= 15 is 0 Å². The minimum absolute atomic E-state index is 0.00642. The first-order valence-corrected chi connectivity index (χ1v) is 9.16. The molecular weight excluding hydrogens is 393 g/mol. The Morgan fingerprint density at radius 3 is 2.53 bits per heavy atom. The molecule has 4 aromatic rings. The number of hydrogen-bond acceptors (Lipinski definition) is 3. The summed E-state index contributed by atoms with van der Waals surface area (Å²) in [5.74, 6) is -3.98. The maximum Gasteiger partial charge on any atom is 0.272 e. The normalized spacial score (nSPS) is 12.7. The molecule has 1 amide bonds. The van der Waals surface area contributed by atoms with Crippen LogP contribution in [0.4, 0.5) is 13.2 Å². The Labute approximate surface area is 170 Å². The molecule has 0 saturated heterocycles. The van der Waals surface area contributed by atoms with Crippen LogP contribution in [-0.4, -0.2) is 26.2 Å². The maximum absolute atomic E-state index is 14.3. The number of aromatic nitrogens is 3. The zero-order chi connectivity index (χ0) is 21.3. The van der Waals surface area contributed by atoms with Crippen molar-refractivity contribution in [2.45, 2.75) is 18.9 Å². The van der Waals surface area contributed by atoms with Gasteiger partial charge in [0, 0.05) is 31.1 Å². The SMILES string of the molecule is CC(F)(F)C(NC(=O)c1nc(-c2ccc(F)cc2)n2ccccc12)c1cccnc1. The van der Waals surface area contributed by atoms with Crippen LogP contribution in [0.2, 0.25) is 0 Å². The summed E-state index contributed by atoms with van der Waals surface area (Å²) < 4.78 is 43.5. The van der Waals surface area contributed by atoms with Crippen molar-refractivity contribution in [1.29, 1.82) is 0 Å². The number of imidazole rings is 1. The molecule has 0 bridgehead atoms. The Balaban J connectivity index is 1.75. The van der Waals surface area contributed by atoms with Gasteiger partial charge in [0.25, 0.3) is 11.8 Å². The first-order chi connectivity index (χ1) is 14.3. The molecule has 152 valence electrons. The number of rotatable bonds is 5. The average molecular weight is 410 g/mol. The number of nitrogens with zero attached hydrogens (tertiary/aromatic N) is 3. The molecule has 5 nitrogen and oxygen atoms in total. The van der Waals surface area contributed by atoms with Crippen LogP contribution in [0.3, 0.4) is 0 Å². The summed E-state index contributed by atoms with van der Waals surface area (Å²) in [5.41, 5.74) is 1.20. The van der Waals surface area contributed by atoms with E-state index in [4.69, 9.17) is 0 Å². The summed E-state index contributed by atoms with van der Waals surface area (Å²) in [6, 6.07) is 12.2. The fraction of sp³-hybridized carbons (Fsp3) is 0.136. The van der Waals surface area contributed by atoms with Gasteiger partial charge in [-0.2, -0.15) is 0 Å². The molecule has 1 aromatic carbocycles. The fourth-order valence-electron chi connectivity index (χ4n) is 3.26. The van der Waals surface area contributed by atoms with Crippen LogP contribution in [0.25, 0.3) is 16.9 Å². The van der Waals surface area contributed by atoms with Crippen LogP contribution < -0.4 is 5.32 Å². The van der Waals surface area contributed by atoms with E-state index in [1.807, 2.05) is 0 Å². The molecule has 0 aliphatic rings. The van der Waals surface area contributed by atoms with Gasteiger partial charge in [-0.1, -0.05) is 12.1 Å².